The fourth-order valence-electron chi connectivity index (χ4n) is 4.74. The lowest BCUT2D eigenvalue weighted by Crippen LogP contribution is -2.41. The standard InChI is InChI=1S/C26H26ClN2O/c27-23-14-16-24(17-15-23)28-19-26(30,29-18-6-2-5-9-25(28)29)22-12-10-21(11-13-22)20-7-3-1-4-8-20/h1,3-4,7-8,10-17,30H,2,5-6,9,18-19H2/q+1. The van der Waals surface area contributed by atoms with Gasteiger partial charge in [-0.15, -0.1) is 0 Å². The van der Waals surface area contributed by atoms with Crippen molar-refractivity contribution in [3.05, 3.63) is 89.4 Å². The van der Waals surface area contributed by atoms with Crippen molar-refractivity contribution < 1.29 is 9.68 Å². The van der Waals surface area contributed by atoms with E-state index in [9.17, 15) is 5.11 Å². The highest BCUT2D eigenvalue weighted by atomic mass is 35.5. The fraction of sp³-hybridized carbons (Fsp3) is 0.269. The van der Waals surface area contributed by atoms with Crippen LogP contribution in [0.25, 0.3) is 11.1 Å². The lowest BCUT2D eigenvalue weighted by molar-refractivity contribution is -0.658. The molecule has 3 nitrogen and oxygen atoms in total. The van der Waals surface area contributed by atoms with Crippen LogP contribution in [0, 0.1) is 0 Å². The maximum atomic E-state index is 12.0. The molecule has 1 atom stereocenters. The molecule has 0 fully saturated rings. The van der Waals surface area contributed by atoms with Crippen molar-refractivity contribution in [1.29, 1.82) is 0 Å². The van der Waals surface area contributed by atoms with Crippen molar-refractivity contribution in [2.75, 3.05) is 18.0 Å². The molecule has 0 bridgehead atoms. The van der Waals surface area contributed by atoms with Gasteiger partial charge >= 0.3 is 0 Å². The van der Waals surface area contributed by atoms with Crippen LogP contribution in [0.15, 0.2) is 78.9 Å². The van der Waals surface area contributed by atoms with Gasteiger partial charge in [0.1, 0.15) is 5.69 Å². The van der Waals surface area contributed by atoms with Gasteiger partial charge < -0.3 is 5.11 Å². The molecular formula is C26H26ClN2O+. The SMILES string of the molecule is OC1(c2ccc(-c3ccccc3)cc2)CN(c2ccc(Cl)cc2)C2=[N+]1CCCCC2. The highest BCUT2D eigenvalue weighted by molar-refractivity contribution is 6.30. The van der Waals surface area contributed by atoms with Crippen LogP contribution in [0.4, 0.5) is 5.69 Å². The number of aliphatic hydroxyl groups is 1. The maximum absolute atomic E-state index is 12.0. The van der Waals surface area contributed by atoms with E-state index in [1.165, 1.54) is 17.8 Å². The lowest BCUT2D eigenvalue weighted by Gasteiger charge is -2.24. The molecule has 4 heteroatoms. The van der Waals surface area contributed by atoms with Gasteiger partial charge in [-0.2, -0.15) is 0 Å². The molecule has 152 valence electrons. The Bertz CT molecular complexity index is 1060. The summed E-state index contributed by atoms with van der Waals surface area (Å²) in [4.78, 5) is 2.27. The number of nitrogens with zero attached hydrogens (tertiary/aromatic N) is 2. The van der Waals surface area contributed by atoms with Crippen LogP contribution >= 0.6 is 11.6 Å². The number of rotatable bonds is 3. The molecule has 0 spiro atoms. The monoisotopic (exact) mass is 417 g/mol. The number of halogens is 1. The first-order valence-electron chi connectivity index (χ1n) is 10.7. The highest BCUT2D eigenvalue weighted by Crippen LogP contribution is 2.36. The van der Waals surface area contributed by atoms with Crippen molar-refractivity contribution >= 4 is 23.1 Å². The van der Waals surface area contributed by atoms with E-state index in [1.54, 1.807) is 0 Å². The van der Waals surface area contributed by atoms with E-state index in [0.717, 1.165) is 47.6 Å². The van der Waals surface area contributed by atoms with Crippen LogP contribution in [-0.2, 0) is 5.72 Å². The van der Waals surface area contributed by atoms with E-state index in [-0.39, 0.29) is 0 Å². The second-order valence-corrected chi connectivity index (χ2v) is 8.64. The van der Waals surface area contributed by atoms with Crippen LogP contribution in [-0.4, -0.2) is 28.6 Å². The third-order valence-corrected chi connectivity index (χ3v) is 6.57. The molecule has 0 aliphatic carbocycles. The number of β-amino-alcohol motifs (C(OH)–C–C–N with tert-alkyl or cyclic N) is 1. The summed E-state index contributed by atoms with van der Waals surface area (Å²) < 4.78 is 2.23. The van der Waals surface area contributed by atoms with Gasteiger partial charge in [0.05, 0.1) is 6.54 Å². The van der Waals surface area contributed by atoms with Gasteiger partial charge in [0.25, 0.3) is 11.6 Å². The van der Waals surface area contributed by atoms with Crippen molar-refractivity contribution in [3.63, 3.8) is 0 Å². The Labute approximate surface area is 182 Å². The summed E-state index contributed by atoms with van der Waals surface area (Å²) in [5.74, 6) is 1.21. The van der Waals surface area contributed by atoms with E-state index < -0.39 is 5.72 Å². The number of benzene rings is 3. The Morgan fingerprint density at radius 3 is 2.23 bits per heavy atom. The topological polar surface area (TPSA) is 26.5 Å². The maximum Gasteiger partial charge on any atom is 0.271 e. The predicted octanol–water partition coefficient (Wildman–Crippen LogP) is 5.66. The van der Waals surface area contributed by atoms with E-state index >= 15 is 0 Å². The zero-order valence-corrected chi connectivity index (χ0v) is 17.7. The first-order valence-corrected chi connectivity index (χ1v) is 11.1. The fourth-order valence-corrected chi connectivity index (χ4v) is 4.86. The summed E-state index contributed by atoms with van der Waals surface area (Å²) >= 11 is 6.11. The molecule has 3 aromatic rings. The molecule has 2 aliphatic heterocycles. The normalized spacial score (nSPS) is 21.5. The first-order chi connectivity index (χ1) is 14.6. The van der Waals surface area contributed by atoms with E-state index in [4.69, 9.17) is 11.6 Å². The van der Waals surface area contributed by atoms with Gasteiger partial charge in [0.2, 0.25) is 0 Å². The van der Waals surface area contributed by atoms with Gasteiger partial charge in [-0.1, -0.05) is 66.2 Å². The Morgan fingerprint density at radius 1 is 0.800 bits per heavy atom. The summed E-state index contributed by atoms with van der Waals surface area (Å²) in [7, 11) is 0. The third-order valence-electron chi connectivity index (χ3n) is 6.32. The van der Waals surface area contributed by atoms with Gasteiger partial charge in [0, 0.05) is 17.0 Å². The molecule has 30 heavy (non-hydrogen) atoms. The molecule has 3 aromatic carbocycles. The highest BCUT2D eigenvalue weighted by Gasteiger charge is 2.51. The third kappa shape index (κ3) is 3.42. The number of anilines is 1. The van der Waals surface area contributed by atoms with Crippen LogP contribution in [0.1, 0.15) is 31.2 Å². The quantitative estimate of drug-likeness (QED) is 0.557. The van der Waals surface area contributed by atoms with E-state index in [2.05, 4.69) is 58.0 Å². The first kappa shape index (κ1) is 19.3. The molecule has 1 unspecified atom stereocenters. The molecule has 1 N–H and O–H groups in total. The molecule has 0 aromatic heterocycles. The Hall–Kier alpha value is -2.62. The van der Waals surface area contributed by atoms with Gasteiger partial charge in [0.15, 0.2) is 6.54 Å². The summed E-state index contributed by atoms with van der Waals surface area (Å²) in [6, 6.07) is 26.7. The molecule has 0 saturated heterocycles. The van der Waals surface area contributed by atoms with Crippen molar-refractivity contribution in [3.8, 4) is 11.1 Å². The van der Waals surface area contributed by atoms with Crippen LogP contribution in [0.5, 0.6) is 0 Å². The van der Waals surface area contributed by atoms with Crippen molar-refractivity contribution in [2.45, 2.75) is 31.4 Å². The largest absolute Gasteiger partial charge is 0.346 e. The lowest BCUT2D eigenvalue weighted by atomic mass is 9.98. The minimum Gasteiger partial charge on any atom is -0.346 e. The second kappa shape index (κ2) is 7.90. The number of amidine groups is 1. The molecule has 0 amide bonds. The molecule has 0 radical (unpaired) electrons. The summed E-state index contributed by atoms with van der Waals surface area (Å²) in [6.45, 7) is 1.39. The molecule has 2 aliphatic rings. The van der Waals surface area contributed by atoms with Crippen molar-refractivity contribution in [1.82, 2.24) is 0 Å². The summed E-state index contributed by atoms with van der Waals surface area (Å²) in [5.41, 5.74) is 3.34. The average Bonchev–Trinajstić information content (AvgIpc) is 2.94. The van der Waals surface area contributed by atoms with Crippen LogP contribution < -0.4 is 4.90 Å². The summed E-state index contributed by atoms with van der Waals surface area (Å²) in [6.07, 6.45) is 4.42. The second-order valence-electron chi connectivity index (χ2n) is 8.20. The zero-order valence-electron chi connectivity index (χ0n) is 17.0. The van der Waals surface area contributed by atoms with E-state index in [0.29, 0.717) is 6.54 Å². The van der Waals surface area contributed by atoms with Gasteiger partial charge in [-0.25, -0.2) is 9.48 Å². The minimum absolute atomic E-state index is 0.522. The predicted molar refractivity (Wildman–Crippen MR) is 123 cm³/mol. The smallest absolute Gasteiger partial charge is 0.271 e. The molecule has 0 saturated carbocycles. The van der Waals surface area contributed by atoms with E-state index in [1.807, 2.05) is 30.3 Å². The Balaban J connectivity index is 1.53. The van der Waals surface area contributed by atoms with Gasteiger partial charge in [-0.3, -0.25) is 0 Å². The number of hydrogen-bond donors (Lipinski definition) is 1. The average molecular weight is 418 g/mol. The molecular weight excluding hydrogens is 392 g/mol. The zero-order chi connectivity index (χ0) is 20.6. The number of hydrogen-bond acceptors (Lipinski definition) is 2. The van der Waals surface area contributed by atoms with Gasteiger partial charge in [-0.05, 0) is 54.7 Å². The van der Waals surface area contributed by atoms with Crippen LogP contribution in [0.3, 0.4) is 0 Å². The Kier molecular flexibility index (Phi) is 5.10. The van der Waals surface area contributed by atoms with Crippen molar-refractivity contribution in [2.24, 2.45) is 0 Å². The molecule has 2 heterocycles. The summed E-state index contributed by atoms with van der Waals surface area (Å²) in [5, 5.41) is 12.7. The minimum atomic E-state index is -1.03. The molecule has 5 rings (SSSR count). The Morgan fingerprint density at radius 2 is 1.50 bits per heavy atom. The van der Waals surface area contributed by atoms with Crippen LogP contribution in [0.2, 0.25) is 5.02 Å².